The molecule has 0 amide bonds. The van der Waals surface area contributed by atoms with Gasteiger partial charge in [0.05, 0.1) is 20.8 Å². The largest absolute Gasteiger partial charge is 0.496 e. The third kappa shape index (κ3) is 3.83. The van der Waals surface area contributed by atoms with Crippen LogP contribution in [0.4, 0.5) is 0 Å². The third-order valence-corrected chi connectivity index (χ3v) is 4.17. The lowest BCUT2D eigenvalue weighted by atomic mass is 10.1. The first-order chi connectivity index (χ1) is 13.6. The van der Waals surface area contributed by atoms with Gasteiger partial charge in [-0.05, 0) is 25.5 Å². The maximum Gasteiger partial charge on any atom is 0.336 e. The number of aromatic nitrogens is 3. The average Bonchev–Trinajstić information content (AvgIpc) is 3.15. The van der Waals surface area contributed by atoms with Crippen LogP contribution in [0.25, 0.3) is 11.4 Å². The Kier molecular flexibility index (Phi) is 5.93. The summed E-state index contributed by atoms with van der Waals surface area (Å²) in [4.78, 5) is 17.8. The number of rotatable bonds is 7. The van der Waals surface area contributed by atoms with E-state index in [1.165, 1.54) is 18.9 Å². The zero-order chi connectivity index (χ0) is 20.1. The first kappa shape index (κ1) is 19.4. The lowest BCUT2D eigenvalue weighted by molar-refractivity contribution is 0.0938. The quantitative estimate of drug-likeness (QED) is 0.620. The molecule has 0 fully saturated rings. The predicted molar refractivity (Wildman–Crippen MR) is 105 cm³/mol. The van der Waals surface area contributed by atoms with Crippen LogP contribution in [-0.4, -0.2) is 41.5 Å². The molecule has 146 valence electrons. The van der Waals surface area contributed by atoms with Crippen molar-refractivity contribution in [2.75, 3.05) is 20.8 Å². The number of ether oxygens (including phenoxy) is 3. The van der Waals surface area contributed by atoms with Crippen molar-refractivity contribution in [3.05, 3.63) is 53.6 Å². The molecule has 0 N–H and O–H groups in total. The summed E-state index contributed by atoms with van der Waals surface area (Å²) in [5.74, 6) is 0.768. The van der Waals surface area contributed by atoms with Crippen molar-refractivity contribution in [1.29, 1.82) is 0 Å². The normalized spacial score (nSPS) is 10.6. The number of carbonyl (C=O) groups is 1. The summed E-state index contributed by atoms with van der Waals surface area (Å²) >= 11 is 0. The van der Waals surface area contributed by atoms with Crippen LogP contribution in [0.3, 0.4) is 0 Å². The van der Waals surface area contributed by atoms with E-state index in [2.05, 4.69) is 10.1 Å². The van der Waals surface area contributed by atoms with Crippen LogP contribution < -0.4 is 14.2 Å². The SMILES string of the molecule is CCCOc1nc(-c2ccc(C)cc2)n(C(=O)c2c(OC)cccc2OC)n1. The molecule has 0 atom stereocenters. The molecule has 0 unspecified atom stereocenters. The second-order valence-corrected chi connectivity index (χ2v) is 6.19. The summed E-state index contributed by atoms with van der Waals surface area (Å²) in [6.07, 6.45) is 0.808. The minimum absolute atomic E-state index is 0.152. The number of methoxy groups -OCH3 is 2. The Morgan fingerprint density at radius 3 is 2.25 bits per heavy atom. The minimum atomic E-state index is -0.413. The Morgan fingerprint density at radius 1 is 1.04 bits per heavy atom. The number of hydrogen-bond acceptors (Lipinski definition) is 6. The van der Waals surface area contributed by atoms with Gasteiger partial charge in [-0.1, -0.05) is 42.8 Å². The van der Waals surface area contributed by atoms with Crippen molar-refractivity contribution < 1.29 is 19.0 Å². The summed E-state index contributed by atoms with van der Waals surface area (Å²) in [6, 6.07) is 13.0. The Hall–Kier alpha value is -3.35. The van der Waals surface area contributed by atoms with Crippen LogP contribution in [-0.2, 0) is 0 Å². The molecule has 7 heteroatoms. The van der Waals surface area contributed by atoms with Gasteiger partial charge in [0, 0.05) is 5.56 Å². The fraction of sp³-hybridized carbons (Fsp3) is 0.286. The average molecular weight is 381 g/mol. The van der Waals surface area contributed by atoms with Crippen LogP contribution in [0.1, 0.15) is 29.3 Å². The highest BCUT2D eigenvalue weighted by Gasteiger charge is 2.25. The Morgan fingerprint density at radius 2 is 1.68 bits per heavy atom. The van der Waals surface area contributed by atoms with Crippen molar-refractivity contribution in [2.45, 2.75) is 20.3 Å². The van der Waals surface area contributed by atoms with Gasteiger partial charge >= 0.3 is 6.01 Å². The van der Waals surface area contributed by atoms with Crippen molar-refractivity contribution in [1.82, 2.24) is 14.8 Å². The van der Waals surface area contributed by atoms with Gasteiger partial charge in [0.2, 0.25) is 0 Å². The van der Waals surface area contributed by atoms with E-state index in [4.69, 9.17) is 14.2 Å². The smallest absolute Gasteiger partial charge is 0.336 e. The van der Waals surface area contributed by atoms with Gasteiger partial charge in [-0.25, -0.2) is 0 Å². The molecule has 28 heavy (non-hydrogen) atoms. The molecule has 0 aliphatic rings. The number of nitrogens with zero attached hydrogens (tertiary/aromatic N) is 3. The standard InChI is InChI=1S/C21H23N3O4/c1-5-13-28-21-22-19(15-11-9-14(2)10-12-15)24(23-21)20(25)18-16(26-3)7-6-8-17(18)27-4/h6-12H,5,13H2,1-4H3. The number of benzene rings is 2. The molecule has 0 bridgehead atoms. The summed E-state index contributed by atoms with van der Waals surface area (Å²) in [6.45, 7) is 4.45. The maximum absolute atomic E-state index is 13.4. The molecular weight excluding hydrogens is 358 g/mol. The van der Waals surface area contributed by atoms with E-state index in [9.17, 15) is 4.79 Å². The third-order valence-electron chi connectivity index (χ3n) is 4.17. The molecule has 0 spiro atoms. The maximum atomic E-state index is 13.4. The lowest BCUT2D eigenvalue weighted by Crippen LogP contribution is -2.17. The molecule has 0 saturated carbocycles. The van der Waals surface area contributed by atoms with E-state index in [-0.39, 0.29) is 11.6 Å². The highest BCUT2D eigenvalue weighted by Crippen LogP contribution is 2.31. The Labute approximate surface area is 163 Å². The zero-order valence-corrected chi connectivity index (χ0v) is 16.4. The van der Waals surface area contributed by atoms with Crippen LogP contribution >= 0.6 is 0 Å². The lowest BCUT2D eigenvalue weighted by Gasteiger charge is -2.12. The monoisotopic (exact) mass is 381 g/mol. The molecule has 3 rings (SSSR count). The van der Waals surface area contributed by atoms with Gasteiger partial charge in [0.15, 0.2) is 5.82 Å². The van der Waals surface area contributed by atoms with E-state index in [1.54, 1.807) is 18.2 Å². The summed E-state index contributed by atoms with van der Waals surface area (Å²) < 4.78 is 17.5. The van der Waals surface area contributed by atoms with Gasteiger partial charge in [0.1, 0.15) is 17.1 Å². The van der Waals surface area contributed by atoms with Crippen molar-refractivity contribution >= 4 is 5.91 Å². The highest BCUT2D eigenvalue weighted by molar-refractivity contribution is 6.02. The molecular formula is C21H23N3O4. The summed E-state index contributed by atoms with van der Waals surface area (Å²) in [5.41, 5.74) is 2.13. The van der Waals surface area contributed by atoms with E-state index >= 15 is 0 Å². The fourth-order valence-corrected chi connectivity index (χ4v) is 2.75. The van der Waals surface area contributed by atoms with Gasteiger partial charge in [-0.3, -0.25) is 4.79 Å². The van der Waals surface area contributed by atoms with E-state index < -0.39 is 5.91 Å². The predicted octanol–water partition coefficient (Wildman–Crippen LogP) is 3.75. The topological polar surface area (TPSA) is 75.5 Å². The van der Waals surface area contributed by atoms with Crippen LogP contribution in [0.15, 0.2) is 42.5 Å². The molecule has 0 aliphatic carbocycles. The summed E-state index contributed by atoms with van der Waals surface area (Å²) in [7, 11) is 3.01. The number of hydrogen-bond donors (Lipinski definition) is 0. The Bertz CT molecular complexity index is 942. The van der Waals surface area contributed by atoms with Crippen LogP contribution in [0, 0.1) is 6.92 Å². The second kappa shape index (κ2) is 8.56. The van der Waals surface area contributed by atoms with Gasteiger partial charge in [0.25, 0.3) is 5.91 Å². The first-order valence-electron chi connectivity index (χ1n) is 9.01. The molecule has 1 heterocycles. The van der Waals surface area contributed by atoms with Gasteiger partial charge in [-0.15, -0.1) is 5.10 Å². The van der Waals surface area contributed by atoms with E-state index in [0.717, 1.165) is 17.5 Å². The van der Waals surface area contributed by atoms with Gasteiger partial charge in [-0.2, -0.15) is 9.67 Å². The molecule has 3 aromatic rings. The van der Waals surface area contributed by atoms with Gasteiger partial charge < -0.3 is 14.2 Å². The minimum Gasteiger partial charge on any atom is -0.496 e. The van der Waals surface area contributed by atoms with Crippen molar-refractivity contribution in [3.8, 4) is 28.9 Å². The molecule has 7 nitrogen and oxygen atoms in total. The molecule has 1 aromatic heterocycles. The Balaban J connectivity index is 2.13. The molecule has 2 aromatic carbocycles. The number of carbonyl (C=O) groups excluding carboxylic acids is 1. The fourth-order valence-electron chi connectivity index (χ4n) is 2.75. The zero-order valence-electron chi connectivity index (χ0n) is 16.4. The van der Waals surface area contributed by atoms with Crippen LogP contribution in [0.2, 0.25) is 0 Å². The second-order valence-electron chi connectivity index (χ2n) is 6.19. The first-order valence-corrected chi connectivity index (χ1v) is 9.01. The van der Waals surface area contributed by atoms with Crippen molar-refractivity contribution in [2.24, 2.45) is 0 Å². The summed E-state index contributed by atoms with van der Waals surface area (Å²) in [5, 5.41) is 4.30. The molecule has 0 radical (unpaired) electrons. The highest BCUT2D eigenvalue weighted by atomic mass is 16.5. The molecule has 0 saturated heterocycles. The van der Waals surface area contributed by atoms with E-state index in [0.29, 0.717) is 23.9 Å². The van der Waals surface area contributed by atoms with Crippen LogP contribution in [0.5, 0.6) is 17.5 Å². The van der Waals surface area contributed by atoms with E-state index in [1.807, 2.05) is 38.1 Å². The number of aryl methyl sites for hydroxylation is 1. The molecule has 0 aliphatic heterocycles. The van der Waals surface area contributed by atoms with Crippen molar-refractivity contribution in [3.63, 3.8) is 0 Å².